The molecule has 2 rings (SSSR count). The molecule has 0 saturated carbocycles. The van der Waals surface area contributed by atoms with E-state index in [9.17, 15) is 4.79 Å². The second-order valence-electron chi connectivity index (χ2n) is 4.77. The summed E-state index contributed by atoms with van der Waals surface area (Å²) < 4.78 is 6.22. The number of ether oxygens (including phenoxy) is 1. The van der Waals surface area contributed by atoms with Crippen molar-refractivity contribution < 1.29 is 9.53 Å². The molecular weight excluding hydrogens is 332 g/mol. The molecule has 2 aromatic carbocycles. The van der Waals surface area contributed by atoms with Crippen molar-refractivity contribution in [1.82, 2.24) is 0 Å². The fraction of sp³-hybridized carbons (Fsp3) is 0.188. The lowest BCUT2D eigenvalue weighted by molar-refractivity contribution is -0.115. The normalized spacial score (nSPS) is 10.2. The van der Waals surface area contributed by atoms with Crippen LogP contribution in [0.25, 0.3) is 0 Å². The van der Waals surface area contributed by atoms with Crippen LogP contribution in [0, 0.1) is 6.92 Å². The van der Waals surface area contributed by atoms with Gasteiger partial charge in [-0.05, 0) is 42.3 Å². The summed E-state index contributed by atoms with van der Waals surface area (Å²) in [5.74, 6) is 0.520. The van der Waals surface area contributed by atoms with Crippen molar-refractivity contribution in [3.63, 3.8) is 0 Å². The Morgan fingerprint density at radius 3 is 2.76 bits per heavy atom. The summed E-state index contributed by atoms with van der Waals surface area (Å²) >= 11 is 3.41. The number of aryl methyl sites for hydroxylation is 1. The maximum atomic E-state index is 12.2. The molecular formula is C16H17BrN2O2. The summed E-state index contributed by atoms with van der Waals surface area (Å²) in [7, 11) is 1.58. The molecule has 0 unspecified atom stereocenters. The van der Waals surface area contributed by atoms with Crippen molar-refractivity contribution in [3.05, 3.63) is 52.0 Å². The largest absolute Gasteiger partial charge is 0.495 e. The Balaban J connectivity index is 2.16. The summed E-state index contributed by atoms with van der Waals surface area (Å²) in [5.41, 5.74) is 8.87. The van der Waals surface area contributed by atoms with Gasteiger partial charge < -0.3 is 15.8 Å². The number of carbonyl (C=O) groups is 1. The number of methoxy groups -OCH3 is 1. The van der Waals surface area contributed by atoms with E-state index in [0.717, 1.165) is 15.6 Å². The van der Waals surface area contributed by atoms with Crippen molar-refractivity contribution in [2.75, 3.05) is 18.2 Å². The Hall–Kier alpha value is -2.01. The second kappa shape index (κ2) is 6.63. The number of carbonyl (C=O) groups excluding carboxylic acids is 1. The van der Waals surface area contributed by atoms with E-state index in [-0.39, 0.29) is 12.3 Å². The van der Waals surface area contributed by atoms with Gasteiger partial charge >= 0.3 is 0 Å². The highest BCUT2D eigenvalue weighted by molar-refractivity contribution is 9.10. The van der Waals surface area contributed by atoms with Crippen LogP contribution in [0.2, 0.25) is 0 Å². The predicted molar refractivity (Wildman–Crippen MR) is 88.6 cm³/mol. The maximum absolute atomic E-state index is 12.2. The average molecular weight is 349 g/mol. The van der Waals surface area contributed by atoms with Gasteiger partial charge in [0.05, 0.1) is 19.2 Å². The predicted octanol–water partition coefficient (Wildman–Crippen LogP) is 3.53. The summed E-state index contributed by atoms with van der Waals surface area (Å²) in [6.07, 6.45) is 0.268. The highest BCUT2D eigenvalue weighted by atomic mass is 79.9. The van der Waals surface area contributed by atoms with E-state index in [2.05, 4.69) is 21.2 Å². The molecule has 0 bridgehead atoms. The van der Waals surface area contributed by atoms with Crippen LogP contribution < -0.4 is 15.8 Å². The molecule has 2 aromatic rings. The first-order valence-electron chi connectivity index (χ1n) is 6.48. The first-order valence-corrected chi connectivity index (χ1v) is 7.27. The van der Waals surface area contributed by atoms with Gasteiger partial charge in [0.1, 0.15) is 5.75 Å². The Labute approximate surface area is 132 Å². The van der Waals surface area contributed by atoms with Crippen LogP contribution in [-0.2, 0) is 11.2 Å². The van der Waals surface area contributed by atoms with Gasteiger partial charge in [-0.15, -0.1) is 0 Å². The molecule has 21 heavy (non-hydrogen) atoms. The Bertz CT molecular complexity index is 671. The van der Waals surface area contributed by atoms with E-state index >= 15 is 0 Å². The number of nitrogens with two attached hydrogens (primary N) is 1. The van der Waals surface area contributed by atoms with E-state index < -0.39 is 0 Å². The molecule has 0 spiro atoms. The van der Waals surface area contributed by atoms with Crippen LogP contribution in [0.15, 0.2) is 40.9 Å². The SMILES string of the molecule is COc1cc(Br)cc(C)c1NC(=O)Cc1cccc(N)c1. The van der Waals surface area contributed by atoms with Crippen LogP contribution in [0.4, 0.5) is 11.4 Å². The van der Waals surface area contributed by atoms with E-state index in [1.165, 1.54) is 0 Å². The van der Waals surface area contributed by atoms with Crippen molar-refractivity contribution in [1.29, 1.82) is 0 Å². The Kier molecular flexibility index (Phi) is 4.85. The molecule has 0 saturated heterocycles. The van der Waals surface area contributed by atoms with E-state index in [1.807, 2.05) is 31.2 Å². The molecule has 0 aromatic heterocycles. The smallest absolute Gasteiger partial charge is 0.228 e. The van der Waals surface area contributed by atoms with Gasteiger partial charge in [-0.3, -0.25) is 4.79 Å². The molecule has 0 atom stereocenters. The molecule has 110 valence electrons. The molecule has 0 heterocycles. The summed E-state index contributed by atoms with van der Waals surface area (Å²) in [6, 6.07) is 11.1. The average Bonchev–Trinajstić information content (AvgIpc) is 2.41. The zero-order chi connectivity index (χ0) is 15.4. The van der Waals surface area contributed by atoms with Gasteiger partial charge in [0.15, 0.2) is 0 Å². The topological polar surface area (TPSA) is 64.3 Å². The molecule has 0 aliphatic rings. The third-order valence-corrected chi connectivity index (χ3v) is 3.52. The van der Waals surface area contributed by atoms with Crippen LogP contribution >= 0.6 is 15.9 Å². The molecule has 1 amide bonds. The van der Waals surface area contributed by atoms with Crippen molar-refractivity contribution in [2.45, 2.75) is 13.3 Å². The first kappa shape index (κ1) is 15.4. The lowest BCUT2D eigenvalue weighted by atomic mass is 10.1. The number of amides is 1. The number of rotatable bonds is 4. The number of nitrogen functional groups attached to an aromatic ring is 1. The van der Waals surface area contributed by atoms with Gasteiger partial charge in [-0.1, -0.05) is 28.1 Å². The molecule has 4 nitrogen and oxygen atoms in total. The third kappa shape index (κ3) is 3.98. The first-order chi connectivity index (χ1) is 9.99. The van der Waals surface area contributed by atoms with Gasteiger partial charge in [0.2, 0.25) is 5.91 Å². The lowest BCUT2D eigenvalue weighted by Crippen LogP contribution is -2.16. The van der Waals surface area contributed by atoms with Gasteiger partial charge in [0.25, 0.3) is 0 Å². The monoisotopic (exact) mass is 348 g/mol. The lowest BCUT2D eigenvalue weighted by Gasteiger charge is -2.14. The fourth-order valence-electron chi connectivity index (χ4n) is 2.11. The molecule has 0 radical (unpaired) electrons. The fourth-order valence-corrected chi connectivity index (χ4v) is 2.66. The summed E-state index contributed by atoms with van der Waals surface area (Å²) in [4.78, 5) is 12.2. The highest BCUT2D eigenvalue weighted by Crippen LogP contribution is 2.32. The number of halogens is 1. The number of nitrogens with one attached hydrogen (secondary N) is 1. The number of hydrogen-bond acceptors (Lipinski definition) is 3. The molecule has 0 aliphatic heterocycles. The van der Waals surface area contributed by atoms with Crippen LogP contribution in [-0.4, -0.2) is 13.0 Å². The second-order valence-corrected chi connectivity index (χ2v) is 5.69. The van der Waals surface area contributed by atoms with Crippen LogP contribution in [0.1, 0.15) is 11.1 Å². The Morgan fingerprint density at radius 1 is 1.33 bits per heavy atom. The molecule has 3 N–H and O–H groups in total. The number of benzene rings is 2. The number of hydrogen-bond donors (Lipinski definition) is 2. The van der Waals surface area contributed by atoms with E-state index in [4.69, 9.17) is 10.5 Å². The van der Waals surface area contributed by atoms with Crippen molar-refractivity contribution >= 4 is 33.2 Å². The van der Waals surface area contributed by atoms with E-state index in [0.29, 0.717) is 17.1 Å². The zero-order valence-electron chi connectivity index (χ0n) is 11.9. The molecule has 5 heteroatoms. The molecule has 0 aliphatic carbocycles. The van der Waals surface area contributed by atoms with Crippen molar-refractivity contribution in [3.8, 4) is 5.75 Å². The maximum Gasteiger partial charge on any atom is 0.228 e. The zero-order valence-corrected chi connectivity index (χ0v) is 13.5. The van der Waals surface area contributed by atoms with Gasteiger partial charge in [0, 0.05) is 10.2 Å². The van der Waals surface area contributed by atoms with Crippen molar-refractivity contribution in [2.24, 2.45) is 0 Å². The minimum absolute atomic E-state index is 0.107. The molecule has 0 fully saturated rings. The minimum atomic E-state index is -0.107. The minimum Gasteiger partial charge on any atom is -0.495 e. The van der Waals surface area contributed by atoms with Crippen LogP contribution in [0.5, 0.6) is 5.75 Å². The summed E-state index contributed by atoms with van der Waals surface area (Å²) in [6.45, 7) is 1.92. The third-order valence-electron chi connectivity index (χ3n) is 3.06. The number of anilines is 2. The van der Waals surface area contributed by atoms with E-state index in [1.54, 1.807) is 19.2 Å². The van der Waals surface area contributed by atoms with Gasteiger partial charge in [-0.25, -0.2) is 0 Å². The standard InChI is InChI=1S/C16H17BrN2O2/c1-10-6-12(17)9-14(21-2)16(10)19-15(20)8-11-4-3-5-13(18)7-11/h3-7,9H,8,18H2,1-2H3,(H,19,20). The highest BCUT2D eigenvalue weighted by Gasteiger charge is 2.12. The quantitative estimate of drug-likeness (QED) is 0.830. The van der Waals surface area contributed by atoms with Crippen LogP contribution in [0.3, 0.4) is 0 Å². The Morgan fingerprint density at radius 2 is 2.10 bits per heavy atom. The van der Waals surface area contributed by atoms with Gasteiger partial charge in [-0.2, -0.15) is 0 Å². The summed E-state index contributed by atoms with van der Waals surface area (Å²) in [5, 5.41) is 2.90.